The van der Waals surface area contributed by atoms with E-state index in [1.54, 1.807) is 26.3 Å². The van der Waals surface area contributed by atoms with Crippen molar-refractivity contribution >= 4 is 55.1 Å². The van der Waals surface area contributed by atoms with Gasteiger partial charge in [0.25, 0.3) is 0 Å². The van der Waals surface area contributed by atoms with Gasteiger partial charge in [-0.15, -0.1) is 12.2 Å². The van der Waals surface area contributed by atoms with E-state index in [0.29, 0.717) is 11.8 Å². The Morgan fingerprint density at radius 1 is 0.430 bits per heavy atom. The Bertz CT molecular complexity index is 2630. The smallest absolute Gasteiger partial charge is 1.00 e. The van der Waals surface area contributed by atoms with Gasteiger partial charge in [0.2, 0.25) is 0 Å². The van der Waals surface area contributed by atoms with E-state index in [9.17, 15) is 9.90 Å². The van der Waals surface area contributed by atoms with E-state index in [2.05, 4.69) is 212 Å². The second-order valence-corrected chi connectivity index (χ2v) is 40.8. The molecule has 5 aromatic carbocycles. The monoisotopic (exact) mass is 1360 g/mol. The van der Waals surface area contributed by atoms with Gasteiger partial charge >= 0.3 is 186 Å². The van der Waals surface area contributed by atoms with E-state index in [1.165, 1.54) is 225 Å². The van der Waals surface area contributed by atoms with Crippen LogP contribution in [0.1, 0.15) is 274 Å². The van der Waals surface area contributed by atoms with Gasteiger partial charge in [0, 0.05) is 5.92 Å². The molecule has 6 aliphatic carbocycles. The molecular weight excluding hydrogens is 1240 g/mol. The summed E-state index contributed by atoms with van der Waals surface area (Å²) in [7, 11) is 0. The maximum atomic E-state index is 11.0. The van der Waals surface area contributed by atoms with Crippen molar-refractivity contribution in [2.45, 2.75) is 258 Å². The normalized spacial score (nSPS) is 27.2. The zero-order valence-corrected chi connectivity index (χ0v) is 65.3. The number of carbonyl (C=O) groups excluding carboxylic acids is 1. The summed E-state index contributed by atoms with van der Waals surface area (Å²) in [6.07, 6.45) is 58.2. The van der Waals surface area contributed by atoms with E-state index in [1.807, 2.05) is 0 Å². The molecule has 0 saturated heterocycles. The Kier molecular flexibility index (Phi) is 33.9. The van der Waals surface area contributed by atoms with Gasteiger partial charge in [-0.3, -0.25) is 0 Å². The molecule has 0 heterocycles. The fourth-order valence-electron chi connectivity index (χ4n) is 17.2. The standard InChI is InChI=1S/C33H50.C32H48O.C19H18BrP.C4H9O.K/c1-3-5-6-7-27-12-20-31(21-13-27)33-24-16-29(17-25-33)9-8-28-14-22-32(23-15-28)30-18-10-26(4-2)11-19-30;1-2-3-4-5-25-8-16-29(17-9-25)30-18-10-26(11-19-30)6-7-27-12-20-31(21-13-27)32-22-14-28(24-33)15-23-32;1-21(20,17-11-5-2-6-12-17,18-13-7-3-8-14-18)19-15-9-4-10-16-19;1-4(2,3)5;/h4,8-9,14-15,22-23,26-27,29-31,33H,2-3,5-7,10-13,16-21,24-25H2,1H3;6-7,12-13,20-21,24-26,28-30,32H,2-5,8-11,14-19,22-23H2,1H3;2-16H,1H3;1-3H3;/q;;;-1;+1. The predicted octanol–water partition coefficient (Wildman–Crippen LogP) is 21.3. The number of carbonyl (C=O) groups is 1. The van der Waals surface area contributed by atoms with E-state index in [4.69, 9.17) is 0 Å². The van der Waals surface area contributed by atoms with Crippen LogP contribution in [-0.4, -0.2) is 18.6 Å². The van der Waals surface area contributed by atoms with Gasteiger partial charge in [0.05, 0.1) is 0 Å². The van der Waals surface area contributed by atoms with Gasteiger partial charge in [0.1, 0.15) is 6.29 Å². The van der Waals surface area contributed by atoms with E-state index < -0.39 is 10.9 Å². The Morgan fingerprint density at radius 3 is 1.01 bits per heavy atom. The number of unbranched alkanes of at least 4 members (excludes halogenated alkanes) is 4. The van der Waals surface area contributed by atoms with Gasteiger partial charge in [-0.05, 0) is 216 Å². The quantitative estimate of drug-likeness (QED) is 0.0241. The van der Waals surface area contributed by atoms with Crippen molar-refractivity contribution in [2.24, 2.45) is 59.2 Å². The van der Waals surface area contributed by atoms with Gasteiger partial charge in [-0.25, -0.2) is 0 Å². The van der Waals surface area contributed by atoms with Gasteiger partial charge in [-0.1, -0.05) is 191 Å². The van der Waals surface area contributed by atoms with Crippen molar-refractivity contribution in [3.05, 3.63) is 187 Å². The number of hydrogen-bond donors (Lipinski definition) is 0. The van der Waals surface area contributed by atoms with Crippen LogP contribution in [0.15, 0.2) is 164 Å². The van der Waals surface area contributed by atoms with Gasteiger partial charge < -0.3 is 9.90 Å². The van der Waals surface area contributed by atoms with Crippen LogP contribution in [0.3, 0.4) is 0 Å². The Balaban J connectivity index is 0.000000194. The third-order valence-electron chi connectivity index (χ3n) is 23.3. The number of hydrogen-bond acceptors (Lipinski definition) is 2. The third-order valence-corrected chi connectivity index (χ3v) is 31.6. The summed E-state index contributed by atoms with van der Waals surface area (Å²) in [6, 6.07) is 51.1. The molecule has 0 aliphatic heterocycles. The zero-order chi connectivity index (χ0) is 65.1. The summed E-state index contributed by atoms with van der Waals surface area (Å²) >= 11 is 4.24. The van der Waals surface area contributed by atoms with Gasteiger partial charge in [-0.2, -0.15) is 0 Å². The van der Waals surface area contributed by atoms with Crippen LogP contribution in [-0.2, 0) is 4.79 Å². The molecule has 0 radical (unpaired) electrons. The van der Waals surface area contributed by atoms with Crippen molar-refractivity contribution in [3.8, 4) is 0 Å². The third kappa shape index (κ3) is 25.0. The molecule has 502 valence electrons. The van der Waals surface area contributed by atoms with E-state index >= 15 is 0 Å². The van der Waals surface area contributed by atoms with Crippen molar-refractivity contribution < 1.29 is 61.3 Å². The number of allylic oxidation sites excluding steroid dienone is 3. The number of aldehydes is 1. The number of halogens is 1. The first-order valence-corrected chi connectivity index (χ1v) is 42.6. The molecule has 0 atom stereocenters. The minimum Gasteiger partial charge on any atom is 1.00 e. The molecule has 5 heteroatoms. The number of benzene rings is 5. The maximum Gasteiger partial charge on any atom is 1.00 e. The van der Waals surface area contributed by atoms with Gasteiger partial charge in [0.15, 0.2) is 0 Å². The summed E-state index contributed by atoms with van der Waals surface area (Å²) in [5.41, 5.74) is 5.01. The molecular formula is C88H125BrKO2P. The largest absolute Gasteiger partial charge is 1.00 e. The minimum atomic E-state index is -2.56. The maximum absolute atomic E-state index is 11.0. The van der Waals surface area contributed by atoms with Crippen LogP contribution in [0.5, 0.6) is 0 Å². The van der Waals surface area contributed by atoms with Crippen LogP contribution in [0.2, 0.25) is 0 Å². The SMILES string of the molecule is C=CC1CCC(c2ccc(C=CC3CCC(C4CCC(CCCCC)CC4)CC3)cc2)CC1.CC(C)(C)[O-].CCCCCC1CCC(C2CCC(C=Cc3ccc(C4CCC(C=O)CC4)cc3)CC2)CC1.CP(Br)(c1ccccc1)(c1ccccc1)c1ccccc1.[K+]. The molecule has 93 heavy (non-hydrogen) atoms. The molecule has 0 spiro atoms. The van der Waals surface area contributed by atoms with Crippen molar-refractivity contribution in [3.63, 3.8) is 0 Å². The molecule has 6 aliphatic rings. The van der Waals surface area contributed by atoms with E-state index in [-0.39, 0.29) is 51.4 Å². The first-order valence-electron chi connectivity index (χ1n) is 37.9. The van der Waals surface area contributed by atoms with Crippen LogP contribution in [0, 0.1) is 59.2 Å². The average Bonchev–Trinajstić information content (AvgIpc) is 0.731. The van der Waals surface area contributed by atoms with Crippen molar-refractivity contribution in [1.29, 1.82) is 0 Å². The Labute approximate surface area is 620 Å². The molecule has 11 rings (SSSR count). The zero-order valence-electron chi connectivity index (χ0n) is 59.6. The minimum absolute atomic E-state index is 0. The summed E-state index contributed by atoms with van der Waals surface area (Å²) in [4.78, 5) is 11.0. The van der Waals surface area contributed by atoms with Crippen LogP contribution >= 0.6 is 20.8 Å². The second kappa shape index (κ2) is 40.5. The van der Waals surface area contributed by atoms with Crippen molar-refractivity contribution in [2.75, 3.05) is 6.66 Å². The predicted molar refractivity (Wildman–Crippen MR) is 406 cm³/mol. The topological polar surface area (TPSA) is 40.1 Å². The summed E-state index contributed by atoms with van der Waals surface area (Å²) in [6.45, 7) is 15.9. The van der Waals surface area contributed by atoms with Crippen LogP contribution < -0.4 is 72.4 Å². The van der Waals surface area contributed by atoms with Crippen LogP contribution in [0.25, 0.3) is 12.2 Å². The number of rotatable bonds is 21. The fourth-order valence-corrected chi connectivity index (χ4v) is 22.9. The molecule has 6 saturated carbocycles. The fraction of sp³-hybridized carbons (Fsp3) is 0.580. The first-order chi connectivity index (χ1) is 44.6. The van der Waals surface area contributed by atoms with Crippen LogP contribution in [0.4, 0.5) is 0 Å². The Morgan fingerprint density at radius 2 is 0.720 bits per heavy atom. The summed E-state index contributed by atoms with van der Waals surface area (Å²) < 4.78 is 0. The van der Waals surface area contributed by atoms with E-state index in [0.717, 1.165) is 78.3 Å². The summed E-state index contributed by atoms with van der Waals surface area (Å²) in [5.74, 6) is 10.3. The molecule has 0 unspecified atom stereocenters. The molecule has 2 nitrogen and oxygen atoms in total. The molecule has 6 fully saturated rings. The molecule has 0 aromatic heterocycles. The summed E-state index contributed by atoms with van der Waals surface area (Å²) in [5, 5.41) is 11.6. The second-order valence-electron chi connectivity index (χ2n) is 31.1. The average molecular weight is 1360 g/mol. The molecule has 0 N–H and O–H groups in total. The first kappa shape index (κ1) is 77.8. The van der Waals surface area contributed by atoms with Crippen molar-refractivity contribution in [1.82, 2.24) is 0 Å². The molecule has 0 bridgehead atoms. The Hall–Kier alpha value is -2.50. The molecule has 5 aromatic rings. The molecule has 0 amide bonds.